The summed E-state index contributed by atoms with van der Waals surface area (Å²) >= 11 is 0. The van der Waals surface area contributed by atoms with Crippen LogP contribution in [0, 0.1) is 13.8 Å². The molecular formula is C17H16N4O. The first-order chi connectivity index (χ1) is 10.6. The third-order valence-electron chi connectivity index (χ3n) is 3.51. The van der Waals surface area contributed by atoms with Crippen molar-refractivity contribution in [3.05, 3.63) is 65.2 Å². The molecule has 0 fully saturated rings. The monoisotopic (exact) mass is 292 g/mol. The van der Waals surface area contributed by atoms with Gasteiger partial charge in [0.2, 0.25) is 5.95 Å². The maximum Gasteiger partial charge on any atom is 0.281 e. The van der Waals surface area contributed by atoms with Crippen LogP contribution < -0.4 is 5.73 Å². The smallest absolute Gasteiger partial charge is 0.281 e. The van der Waals surface area contributed by atoms with Gasteiger partial charge in [-0.15, -0.1) is 5.10 Å². The van der Waals surface area contributed by atoms with Gasteiger partial charge in [0.05, 0.1) is 0 Å². The number of carbonyl (C=O) groups excluding carboxylic acids is 1. The number of nitrogens with two attached hydrogens (primary N) is 1. The highest BCUT2D eigenvalue weighted by molar-refractivity contribution is 5.97. The summed E-state index contributed by atoms with van der Waals surface area (Å²) in [6.07, 6.45) is 0. The van der Waals surface area contributed by atoms with E-state index in [1.807, 2.05) is 50.2 Å². The van der Waals surface area contributed by atoms with E-state index in [9.17, 15) is 4.79 Å². The summed E-state index contributed by atoms with van der Waals surface area (Å²) < 4.78 is 1.15. The molecule has 0 saturated carbocycles. The van der Waals surface area contributed by atoms with Crippen molar-refractivity contribution in [3.63, 3.8) is 0 Å². The molecule has 0 aliphatic rings. The van der Waals surface area contributed by atoms with Crippen LogP contribution in [0.4, 0.5) is 5.95 Å². The minimum Gasteiger partial charge on any atom is -0.368 e. The molecule has 0 atom stereocenters. The molecule has 0 unspecified atom stereocenters. The lowest BCUT2D eigenvalue weighted by molar-refractivity contribution is 0.0948. The molecule has 1 heterocycles. The first-order valence-electron chi connectivity index (χ1n) is 6.96. The SMILES string of the molecule is Cc1ccc(C(=O)n2nc(-c3ccccc3C)nc2N)cc1. The van der Waals surface area contributed by atoms with Crippen LogP contribution in [0.25, 0.3) is 11.4 Å². The molecular weight excluding hydrogens is 276 g/mol. The number of nitrogen functional groups attached to an aromatic ring is 1. The number of benzene rings is 2. The van der Waals surface area contributed by atoms with Gasteiger partial charge in [-0.2, -0.15) is 9.67 Å². The van der Waals surface area contributed by atoms with Crippen molar-refractivity contribution in [2.75, 3.05) is 5.73 Å². The Labute approximate surface area is 128 Å². The number of aryl methyl sites for hydroxylation is 2. The molecule has 2 N–H and O–H groups in total. The van der Waals surface area contributed by atoms with E-state index in [1.165, 1.54) is 0 Å². The molecule has 110 valence electrons. The first-order valence-corrected chi connectivity index (χ1v) is 6.96. The molecule has 3 aromatic rings. The van der Waals surface area contributed by atoms with Crippen LogP contribution in [0.5, 0.6) is 0 Å². The Morgan fingerprint density at radius 1 is 1.05 bits per heavy atom. The van der Waals surface area contributed by atoms with Crippen LogP contribution in [0.2, 0.25) is 0 Å². The van der Waals surface area contributed by atoms with E-state index < -0.39 is 0 Å². The van der Waals surface area contributed by atoms with Crippen LogP contribution in [-0.2, 0) is 0 Å². The van der Waals surface area contributed by atoms with Crippen molar-refractivity contribution in [2.45, 2.75) is 13.8 Å². The zero-order valence-electron chi connectivity index (χ0n) is 12.4. The van der Waals surface area contributed by atoms with E-state index in [1.54, 1.807) is 12.1 Å². The summed E-state index contributed by atoms with van der Waals surface area (Å²) in [5.74, 6) is 0.254. The second-order valence-electron chi connectivity index (χ2n) is 5.19. The third-order valence-corrected chi connectivity index (χ3v) is 3.51. The molecule has 1 aromatic heterocycles. The van der Waals surface area contributed by atoms with E-state index in [0.29, 0.717) is 11.4 Å². The number of carbonyl (C=O) groups is 1. The molecule has 0 aliphatic carbocycles. The predicted octanol–water partition coefficient (Wildman–Crippen LogP) is 2.83. The number of anilines is 1. The van der Waals surface area contributed by atoms with Gasteiger partial charge in [0, 0.05) is 11.1 Å². The van der Waals surface area contributed by atoms with Gasteiger partial charge in [0.25, 0.3) is 5.91 Å². The highest BCUT2D eigenvalue weighted by atomic mass is 16.2. The average Bonchev–Trinajstić information content (AvgIpc) is 2.89. The number of hydrogen-bond donors (Lipinski definition) is 1. The van der Waals surface area contributed by atoms with Crippen LogP contribution in [-0.4, -0.2) is 20.7 Å². The van der Waals surface area contributed by atoms with Crippen LogP contribution in [0.15, 0.2) is 48.5 Å². The summed E-state index contributed by atoms with van der Waals surface area (Å²) in [6.45, 7) is 3.93. The van der Waals surface area contributed by atoms with E-state index >= 15 is 0 Å². The van der Waals surface area contributed by atoms with Gasteiger partial charge in [0.1, 0.15) is 0 Å². The molecule has 22 heavy (non-hydrogen) atoms. The van der Waals surface area contributed by atoms with Gasteiger partial charge >= 0.3 is 0 Å². The molecule has 0 amide bonds. The highest BCUT2D eigenvalue weighted by Crippen LogP contribution is 2.21. The van der Waals surface area contributed by atoms with Crippen molar-refractivity contribution >= 4 is 11.9 Å². The Balaban J connectivity index is 2.01. The van der Waals surface area contributed by atoms with Crippen molar-refractivity contribution in [1.29, 1.82) is 0 Å². The molecule has 0 bridgehead atoms. The maximum atomic E-state index is 12.5. The Bertz CT molecular complexity index is 834. The Kier molecular flexibility index (Phi) is 3.47. The standard InChI is InChI=1S/C17H16N4O/c1-11-7-9-13(10-8-11)16(22)21-17(18)19-15(20-21)14-6-4-3-5-12(14)2/h3-10H,1-2H3,(H2,18,19,20). The molecule has 0 saturated heterocycles. The van der Waals surface area contributed by atoms with Crippen molar-refractivity contribution < 1.29 is 4.79 Å². The summed E-state index contributed by atoms with van der Waals surface area (Å²) in [4.78, 5) is 16.7. The second-order valence-corrected chi connectivity index (χ2v) is 5.19. The Morgan fingerprint density at radius 2 is 1.73 bits per heavy atom. The third kappa shape index (κ3) is 2.48. The maximum absolute atomic E-state index is 12.5. The molecule has 0 aliphatic heterocycles. The number of aromatic nitrogens is 3. The van der Waals surface area contributed by atoms with E-state index in [0.717, 1.165) is 21.4 Å². The average molecular weight is 292 g/mol. The van der Waals surface area contributed by atoms with Gasteiger partial charge in [-0.05, 0) is 31.5 Å². The van der Waals surface area contributed by atoms with Gasteiger partial charge in [-0.1, -0.05) is 42.0 Å². The fraction of sp³-hybridized carbons (Fsp3) is 0.118. The lowest BCUT2D eigenvalue weighted by Crippen LogP contribution is -2.16. The summed E-state index contributed by atoms with van der Waals surface area (Å²) in [7, 11) is 0. The normalized spacial score (nSPS) is 10.6. The fourth-order valence-electron chi connectivity index (χ4n) is 2.23. The molecule has 5 nitrogen and oxygen atoms in total. The van der Waals surface area contributed by atoms with E-state index in [2.05, 4.69) is 10.1 Å². The lowest BCUT2D eigenvalue weighted by Gasteiger charge is -2.02. The minimum absolute atomic E-state index is 0.0869. The number of nitrogens with zero attached hydrogens (tertiary/aromatic N) is 3. The zero-order valence-corrected chi connectivity index (χ0v) is 12.4. The predicted molar refractivity (Wildman–Crippen MR) is 85.5 cm³/mol. The fourth-order valence-corrected chi connectivity index (χ4v) is 2.23. The van der Waals surface area contributed by atoms with Gasteiger partial charge in [0.15, 0.2) is 5.82 Å². The van der Waals surface area contributed by atoms with Crippen molar-refractivity contribution in [2.24, 2.45) is 0 Å². The summed E-state index contributed by atoms with van der Waals surface area (Å²) in [5, 5.41) is 4.27. The Morgan fingerprint density at radius 3 is 2.41 bits per heavy atom. The molecule has 3 rings (SSSR count). The summed E-state index contributed by atoms with van der Waals surface area (Å²) in [5.41, 5.74) is 9.37. The molecule has 0 radical (unpaired) electrons. The van der Waals surface area contributed by atoms with Crippen molar-refractivity contribution in [1.82, 2.24) is 14.8 Å². The quantitative estimate of drug-likeness (QED) is 0.788. The van der Waals surface area contributed by atoms with E-state index in [-0.39, 0.29) is 11.9 Å². The van der Waals surface area contributed by atoms with Gasteiger partial charge in [-0.3, -0.25) is 4.79 Å². The number of hydrogen-bond acceptors (Lipinski definition) is 4. The zero-order chi connectivity index (χ0) is 15.7. The van der Waals surface area contributed by atoms with Gasteiger partial charge in [-0.25, -0.2) is 0 Å². The minimum atomic E-state index is -0.287. The summed E-state index contributed by atoms with van der Waals surface area (Å²) in [6, 6.07) is 15.0. The first kappa shape index (κ1) is 14.0. The van der Waals surface area contributed by atoms with Crippen LogP contribution >= 0.6 is 0 Å². The van der Waals surface area contributed by atoms with E-state index in [4.69, 9.17) is 5.73 Å². The number of rotatable bonds is 2. The van der Waals surface area contributed by atoms with Crippen molar-refractivity contribution in [3.8, 4) is 11.4 Å². The molecule has 5 heteroatoms. The molecule has 0 spiro atoms. The Hall–Kier alpha value is -2.95. The topological polar surface area (TPSA) is 73.8 Å². The van der Waals surface area contributed by atoms with Crippen LogP contribution in [0.3, 0.4) is 0 Å². The lowest BCUT2D eigenvalue weighted by atomic mass is 10.1. The molecule has 2 aromatic carbocycles. The van der Waals surface area contributed by atoms with Gasteiger partial charge < -0.3 is 5.73 Å². The largest absolute Gasteiger partial charge is 0.368 e. The highest BCUT2D eigenvalue weighted by Gasteiger charge is 2.17. The second kappa shape index (κ2) is 5.44. The van der Waals surface area contributed by atoms with Crippen LogP contribution in [0.1, 0.15) is 21.5 Å².